The standard InChI is InChI=1S/C23H20FN3O2/c24-20-7-5-16(6-8-20)14-26-22(28)18-9-11-25-21(13-18)23(29)27-12-10-17-3-1-2-4-19(17)15-27/h1-9,11,13H,10,12,14-15H2,(H,26,28). The van der Waals surface area contributed by atoms with Crippen molar-refractivity contribution in [1.29, 1.82) is 0 Å². The molecule has 1 aromatic heterocycles. The van der Waals surface area contributed by atoms with E-state index in [9.17, 15) is 14.0 Å². The maximum atomic E-state index is 13.0. The number of amides is 2. The Balaban J connectivity index is 1.43. The van der Waals surface area contributed by atoms with Gasteiger partial charge in [-0.05, 0) is 47.4 Å². The molecule has 1 aliphatic heterocycles. The fourth-order valence-electron chi connectivity index (χ4n) is 3.41. The number of nitrogens with zero attached hydrogens (tertiary/aromatic N) is 2. The van der Waals surface area contributed by atoms with Crippen LogP contribution in [0, 0.1) is 5.82 Å². The number of benzene rings is 2. The quantitative estimate of drug-likeness (QED) is 0.744. The topological polar surface area (TPSA) is 62.3 Å². The van der Waals surface area contributed by atoms with Gasteiger partial charge in [-0.2, -0.15) is 0 Å². The zero-order chi connectivity index (χ0) is 20.2. The van der Waals surface area contributed by atoms with Gasteiger partial charge in [-0.1, -0.05) is 36.4 Å². The number of hydrogen-bond donors (Lipinski definition) is 1. The Morgan fingerprint density at radius 3 is 2.59 bits per heavy atom. The highest BCUT2D eigenvalue weighted by Gasteiger charge is 2.23. The second kappa shape index (κ2) is 8.22. The summed E-state index contributed by atoms with van der Waals surface area (Å²) < 4.78 is 13.0. The Kier molecular flexibility index (Phi) is 5.33. The highest BCUT2D eigenvalue weighted by atomic mass is 19.1. The van der Waals surface area contributed by atoms with Crippen LogP contribution in [0.4, 0.5) is 4.39 Å². The lowest BCUT2D eigenvalue weighted by molar-refractivity contribution is 0.0728. The number of carbonyl (C=O) groups excluding carboxylic acids is 2. The maximum Gasteiger partial charge on any atom is 0.272 e. The van der Waals surface area contributed by atoms with Crippen LogP contribution >= 0.6 is 0 Å². The van der Waals surface area contributed by atoms with E-state index in [1.54, 1.807) is 23.1 Å². The Morgan fingerprint density at radius 2 is 1.79 bits per heavy atom. The van der Waals surface area contributed by atoms with Crippen LogP contribution in [0.5, 0.6) is 0 Å². The molecule has 146 valence electrons. The maximum absolute atomic E-state index is 13.0. The SMILES string of the molecule is O=C(NCc1ccc(F)cc1)c1ccnc(C(=O)N2CCc3ccccc3C2)c1. The summed E-state index contributed by atoms with van der Waals surface area (Å²) in [7, 11) is 0. The Morgan fingerprint density at radius 1 is 1.03 bits per heavy atom. The molecule has 1 aliphatic rings. The molecule has 2 heterocycles. The van der Waals surface area contributed by atoms with Crippen LogP contribution in [0.25, 0.3) is 0 Å². The van der Waals surface area contributed by atoms with Crippen LogP contribution in [0.3, 0.4) is 0 Å². The van der Waals surface area contributed by atoms with E-state index in [2.05, 4.69) is 16.4 Å². The summed E-state index contributed by atoms with van der Waals surface area (Å²) in [6, 6.07) is 17.1. The second-order valence-electron chi connectivity index (χ2n) is 6.98. The van der Waals surface area contributed by atoms with Crippen LogP contribution in [0.15, 0.2) is 66.9 Å². The van der Waals surface area contributed by atoms with Gasteiger partial charge in [-0.3, -0.25) is 14.6 Å². The highest BCUT2D eigenvalue weighted by Crippen LogP contribution is 2.20. The molecule has 2 aromatic carbocycles. The molecule has 0 unspecified atom stereocenters. The van der Waals surface area contributed by atoms with Crippen molar-refractivity contribution in [1.82, 2.24) is 15.2 Å². The first-order chi connectivity index (χ1) is 14.1. The molecular formula is C23H20FN3O2. The van der Waals surface area contributed by atoms with Gasteiger partial charge in [0.25, 0.3) is 11.8 Å². The largest absolute Gasteiger partial charge is 0.348 e. The molecule has 3 aromatic rings. The number of hydrogen-bond acceptors (Lipinski definition) is 3. The molecule has 0 aliphatic carbocycles. The van der Waals surface area contributed by atoms with Crippen LogP contribution < -0.4 is 5.32 Å². The third-order valence-electron chi connectivity index (χ3n) is 5.03. The highest BCUT2D eigenvalue weighted by molar-refractivity contribution is 5.98. The summed E-state index contributed by atoms with van der Waals surface area (Å²) in [5, 5.41) is 2.78. The molecule has 0 atom stereocenters. The zero-order valence-electron chi connectivity index (χ0n) is 15.8. The number of pyridine rings is 1. The summed E-state index contributed by atoms with van der Waals surface area (Å²) >= 11 is 0. The third kappa shape index (κ3) is 4.32. The van der Waals surface area contributed by atoms with Gasteiger partial charge in [0.05, 0.1) is 0 Å². The summed E-state index contributed by atoms with van der Waals surface area (Å²) in [6.45, 7) is 1.43. The van der Waals surface area contributed by atoms with Gasteiger partial charge in [0, 0.05) is 31.4 Å². The summed E-state index contributed by atoms with van der Waals surface area (Å²) in [6.07, 6.45) is 2.28. The van der Waals surface area contributed by atoms with E-state index in [1.807, 2.05) is 18.2 Å². The molecule has 0 radical (unpaired) electrons. The van der Waals surface area contributed by atoms with Gasteiger partial charge in [0.1, 0.15) is 11.5 Å². The minimum atomic E-state index is -0.322. The van der Waals surface area contributed by atoms with Crippen LogP contribution in [-0.4, -0.2) is 28.2 Å². The first-order valence-corrected chi connectivity index (χ1v) is 9.45. The van der Waals surface area contributed by atoms with Gasteiger partial charge in [-0.15, -0.1) is 0 Å². The van der Waals surface area contributed by atoms with Gasteiger partial charge >= 0.3 is 0 Å². The van der Waals surface area contributed by atoms with E-state index in [4.69, 9.17) is 0 Å². The predicted octanol–water partition coefficient (Wildman–Crippen LogP) is 3.35. The number of rotatable bonds is 4. The average molecular weight is 389 g/mol. The normalized spacial score (nSPS) is 12.9. The molecule has 6 heteroatoms. The van der Waals surface area contributed by atoms with Gasteiger partial charge in [-0.25, -0.2) is 4.39 Å². The van der Waals surface area contributed by atoms with Crippen molar-refractivity contribution >= 4 is 11.8 Å². The summed E-state index contributed by atoms with van der Waals surface area (Å²) in [5.74, 6) is -0.819. The van der Waals surface area contributed by atoms with Crippen molar-refractivity contribution in [3.05, 3.63) is 101 Å². The third-order valence-corrected chi connectivity index (χ3v) is 5.03. The van der Waals surface area contributed by atoms with Gasteiger partial charge < -0.3 is 10.2 Å². The van der Waals surface area contributed by atoms with Crippen molar-refractivity contribution in [2.24, 2.45) is 0 Å². The van der Waals surface area contributed by atoms with E-state index < -0.39 is 0 Å². The lowest BCUT2D eigenvalue weighted by atomic mass is 9.99. The molecule has 0 bridgehead atoms. The van der Waals surface area contributed by atoms with Crippen molar-refractivity contribution in [2.75, 3.05) is 6.54 Å². The lowest BCUT2D eigenvalue weighted by Crippen LogP contribution is -2.36. The van der Waals surface area contributed by atoms with E-state index >= 15 is 0 Å². The van der Waals surface area contributed by atoms with E-state index in [0.717, 1.165) is 17.5 Å². The molecule has 4 rings (SSSR count). The molecule has 29 heavy (non-hydrogen) atoms. The van der Waals surface area contributed by atoms with Crippen molar-refractivity contribution < 1.29 is 14.0 Å². The van der Waals surface area contributed by atoms with Crippen molar-refractivity contribution in [2.45, 2.75) is 19.5 Å². The molecule has 5 nitrogen and oxygen atoms in total. The molecule has 0 saturated carbocycles. The van der Waals surface area contributed by atoms with E-state index in [1.165, 1.54) is 30.0 Å². The zero-order valence-corrected chi connectivity index (χ0v) is 15.8. The molecule has 2 amide bonds. The fraction of sp³-hybridized carbons (Fsp3) is 0.174. The van der Waals surface area contributed by atoms with Crippen LogP contribution in [0.2, 0.25) is 0 Å². The van der Waals surface area contributed by atoms with E-state index in [0.29, 0.717) is 18.7 Å². The first-order valence-electron chi connectivity index (χ1n) is 9.45. The Hall–Kier alpha value is -3.54. The number of carbonyl (C=O) groups is 2. The number of fused-ring (bicyclic) bond motifs is 1. The van der Waals surface area contributed by atoms with Crippen LogP contribution in [-0.2, 0) is 19.5 Å². The lowest BCUT2D eigenvalue weighted by Gasteiger charge is -2.28. The molecular weight excluding hydrogens is 369 g/mol. The average Bonchev–Trinajstić information content (AvgIpc) is 2.77. The molecule has 0 saturated heterocycles. The first kappa shape index (κ1) is 18.8. The Bertz CT molecular complexity index is 1050. The molecule has 1 N–H and O–H groups in total. The number of halogens is 1. The van der Waals surface area contributed by atoms with Crippen molar-refractivity contribution in [3.63, 3.8) is 0 Å². The van der Waals surface area contributed by atoms with E-state index in [-0.39, 0.29) is 29.9 Å². The van der Waals surface area contributed by atoms with Crippen LogP contribution in [0.1, 0.15) is 37.5 Å². The summed E-state index contributed by atoms with van der Waals surface area (Å²) in [5.41, 5.74) is 3.80. The molecule has 0 fully saturated rings. The predicted molar refractivity (Wildman–Crippen MR) is 107 cm³/mol. The minimum Gasteiger partial charge on any atom is -0.348 e. The van der Waals surface area contributed by atoms with Gasteiger partial charge in [0.2, 0.25) is 0 Å². The smallest absolute Gasteiger partial charge is 0.272 e. The monoisotopic (exact) mass is 389 g/mol. The second-order valence-corrected chi connectivity index (χ2v) is 6.98. The van der Waals surface area contributed by atoms with Crippen molar-refractivity contribution in [3.8, 4) is 0 Å². The fourth-order valence-corrected chi connectivity index (χ4v) is 3.41. The number of aromatic nitrogens is 1. The number of nitrogens with one attached hydrogen (secondary N) is 1. The Labute approximate surface area is 168 Å². The summed E-state index contributed by atoms with van der Waals surface area (Å²) in [4.78, 5) is 31.3. The minimum absolute atomic E-state index is 0.187. The molecule has 0 spiro atoms. The van der Waals surface area contributed by atoms with Gasteiger partial charge in [0.15, 0.2) is 0 Å².